The maximum absolute atomic E-state index is 12.5. The Morgan fingerprint density at radius 3 is 2.34 bits per heavy atom. The molecule has 1 N–H and O–H groups in total. The molecule has 0 saturated carbocycles. The van der Waals surface area contributed by atoms with Gasteiger partial charge in [-0.3, -0.25) is 4.79 Å². The lowest BCUT2D eigenvalue weighted by molar-refractivity contribution is -0.154. The molecule has 3 rings (SSSR count). The number of likely N-dealkylation sites (N-methyl/N-ethyl adjacent to an activating group) is 1. The molecule has 154 valence electrons. The average molecular weight is 397 g/mol. The first-order valence-electron chi connectivity index (χ1n) is 9.54. The first-order chi connectivity index (χ1) is 14.0. The number of ether oxygens (including phenoxy) is 3. The minimum absolute atomic E-state index is 0.00433. The van der Waals surface area contributed by atoms with Crippen LogP contribution >= 0.6 is 0 Å². The van der Waals surface area contributed by atoms with Gasteiger partial charge in [0.15, 0.2) is 5.76 Å². The van der Waals surface area contributed by atoms with Crippen LogP contribution in [0.4, 0.5) is 0 Å². The van der Waals surface area contributed by atoms with Crippen LogP contribution in [0.1, 0.15) is 29.0 Å². The fraction of sp³-hybridized carbons (Fsp3) is 0.348. The highest BCUT2D eigenvalue weighted by molar-refractivity contribution is 5.91. The highest BCUT2D eigenvalue weighted by Crippen LogP contribution is 2.33. The Morgan fingerprint density at radius 1 is 1.10 bits per heavy atom. The summed E-state index contributed by atoms with van der Waals surface area (Å²) < 4.78 is 17.1. The summed E-state index contributed by atoms with van der Waals surface area (Å²) in [6.07, 6.45) is 1.93. The van der Waals surface area contributed by atoms with Crippen molar-refractivity contribution in [1.82, 2.24) is 4.90 Å². The number of aliphatic hydroxyl groups excluding tert-OH is 1. The van der Waals surface area contributed by atoms with E-state index in [0.717, 1.165) is 22.4 Å². The van der Waals surface area contributed by atoms with Gasteiger partial charge in [0.25, 0.3) is 5.91 Å². The van der Waals surface area contributed by atoms with Crippen molar-refractivity contribution in [3.05, 3.63) is 77.1 Å². The van der Waals surface area contributed by atoms with Gasteiger partial charge in [-0.05, 0) is 34.9 Å². The second kappa shape index (κ2) is 9.58. The molecule has 0 aromatic heterocycles. The summed E-state index contributed by atoms with van der Waals surface area (Å²) in [5.74, 6) is 0.885. The van der Waals surface area contributed by atoms with Crippen LogP contribution in [-0.4, -0.2) is 43.4 Å². The van der Waals surface area contributed by atoms with Crippen LogP contribution in [0.25, 0.3) is 0 Å². The van der Waals surface area contributed by atoms with E-state index in [1.165, 1.54) is 4.90 Å². The van der Waals surface area contributed by atoms with Gasteiger partial charge in [-0.1, -0.05) is 36.4 Å². The number of methoxy groups -OCH3 is 1. The van der Waals surface area contributed by atoms with Crippen molar-refractivity contribution in [3.63, 3.8) is 0 Å². The summed E-state index contributed by atoms with van der Waals surface area (Å²) >= 11 is 0. The second-order valence-corrected chi connectivity index (χ2v) is 7.18. The SMILES string of the molecule is COc1ccc([C@@H]2C=C(C(=O)N(C)C)O[C@H](OCc3ccc(CO)cc3)C2)cc1. The first-order valence-corrected chi connectivity index (χ1v) is 9.54. The fourth-order valence-corrected chi connectivity index (χ4v) is 3.14. The zero-order valence-electron chi connectivity index (χ0n) is 17.0. The first kappa shape index (κ1) is 20.9. The molecule has 0 unspecified atom stereocenters. The van der Waals surface area contributed by atoms with Crippen LogP contribution in [0.3, 0.4) is 0 Å². The summed E-state index contributed by atoms with van der Waals surface area (Å²) in [6.45, 7) is 0.367. The van der Waals surface area contributed by atoms with Crippen LogP contribution in [0.2, 0.25) is 0 Å². The van der Waals surface area contributed by atoms with Crippen molar-refractivity contribution in [2.75, 3.05) is 21.2 Å². The van der Waals surface area contributed by atoms with Gasteiger partial charge in [0.2, 0.25) is 6.29 Å². The molecule has 0 aliphatic carbocycles. The zero-order chi connectivity index (χ0) is 20.8. The summed E-state index contributed by atoms with van der Waals surface area (Å²) in [5.41, 5.74) is 2.89. The lowest BCUT2D eigenvalue weighted by atomic mass is 9.92. The predicted octanol–water partition coefficient (Wildman–Crippen LogP) is 3.21. The van der Waals surface area contributed by atoms with Crippen LogP contribution in [0.5, 0.6) is 5.75 Å². The highest BCUT2D eigenvalue weighted by atomic mass is 16.7. The molecule has 29 heavy (non-hydrogen) atoms. The number of hydrogen-bond acceptors (Lipinski definition) is 5. The number of hydrogen-bond donors (Lipinski definition) is 1. The number of allylic oxidation sites excluding steroid dienone is 1. The van der Waals surface area contributed by atoms with Gasteiger partial charge >= 0.3 is 0 Å². The number of aliphatic hydroxyl groups is 1. The maximum atomic E-state index is 12.5. The van der Waals surface area contributed by atoms with E-state index in [2.05, 4.69) is 0 Å². The molecule has 2 aromatic rings. The number of rotatable bonds is 7. The Kier molecular flexibility index (Phi) is 6.90. The molecule has 1 amide bonds. The zero-order valence-corrected chi connectivity index (χ0v) is 17.0. The Bertz CT molecular complexity index is 843. The van der Waals surface area contributed by atoms with Crippen molar-refractivity contribution < 1.29 is 24.1 Å². The third-order valence-corrected chi connectivity index (χ3v) is 4.86. The number of carbonyl (C=O) groups excluding carboxylic acids is 1. The van der Waals surface area contributed by atoms with Gasteiger partial charge in [0, 0.05) is 26.4 Å². The highest BCUT2D eigenvalue weighted by Gasteiger charge is 2.29. The topological polar surface area (TPSA) is 68.2 Å². The van der Waals surface area contributed by atoms with Gasteiger partial charge in [-0.15, -0.1) is 0 Å². The second-order valence-electron chi connectivity index (χ2n) is 7.18. The molecule has 1 aliphatic rings. The molecule has 0 bridgehead atoms. The van der Waals surface area contributed by atoms with Crippen molar-refractivity contribution in [3.8, 4) is 5.75 Å². The van der Waals surface area contributed by atoms with E-state index in [1.54, 1.807) is 21.2 Å². The van der Waals surface area contributed by atoms with E-state index < -0.39 is 6.29 Å². The summed E-state index contributed by atoms with van der Waals surface area (Å²) in [7, 11) is 5.03. The van der Waals surface area contributed by atoms with Crippen molar-refractivity contribution >= 4 is 5.91 Å². The summed E-state index contributed by atoms with van der Waals surface area (Å²) in [6, 6.07) is 15.4. The molecule has 2 aromatic carbocycles. The lowest BCUT2D eigenvalue weighted by Gasteiger charge is -2.30. The molecule has 0 spiro atoms. The number of nitrogens with zero attached hydrogens (tertiary/aromatic N) is 1. The summed E-state index contributed by atoms with van der Waals surface area (Å²) in [4.78, 5) is 14.0. The van der Waals surface area contributed by atoms with Crippen molar-refractivity contribution in [2.24, 2.45) is 0 Å². The van der Waals surface area contributed by atoms with E-state index in [0.29, 0.717) is 18.8 Å². The molecule has 1 heterocycles. The Morgan fingerprint density at radius 2 is 1.76 bits per heavy atom. The monoisotopic (exact) mass is 397 g/mol. The average Bonchev–Trinajstić information content (AvgIpc) is 2.77. The molecular formula is C23H27NO5. The molecule has 2 atom stereocenters. The Hall–Kier alpha value is -2.83. The van der Waals surface area contributed by atoms with E-state index in [1.807, 2.05) is 54.6 Å². The minimum atomic E-state index is -0.538. The van der Waals surface area contributed by atoms with Crippen LogP contribution in [0, 0.1) is 0 Å². The Balaban J connectivity index is 1.75. The number of benzene rings is 2. The lowest BCUT2D eigenvalue weighted by Crippen LogP contribution is -2.32. The van der Waals surface area contributed by atoms with Crippen LogP contribution < -0.4 is 4.74 Å². The number of amides is 1. The third-order valence-electron chi connectivity index (χ3n) is 4.86. The fourth-order valence-electron chi connectivity index (χ4n) is 3.14. The van der Waals surface area contributed by atoms with Crippen LogP contribution in [0.15, 0.2) is 60.4 Å². The van der Waals surface area contributed by atoms with Crippen molar-refractivity contribution in [2.45, 2.75) is 31.8 Å². The summed E-state index contributed by atoms with van der Waals surface area (Å²) in [5, 5.41) is 9.16. The molecule has 6 heteroatoms. The predicted molar refractivity (Wildman–Crippen MR) is 109 cm³/mol. The molecule has 0 radical (unpaired) electrons. The molecule has 6 nitrogen and oxygen atoms in total. The third kappa shape index (κ3) is 5.37. The molecule has 0 saturated heterocycles. The smallest absolute Gasteiger partial charge is 0.288 e. The maximum Gasteiger partial charge on any atom is 0.288 e. The van der Waals surface area contributed by atoms with Gasteiger partial charge in [-0.2, -0.15) is 0 Å². The minimum Gasteiger partial charge on any atom is -0.497 e. The molecular weight excluding hydrogens is 370 g/mol. The van der Waals surface area contributed by atoms with E-state index in [-0.39, 0.29) is 18.4 Å². The van der Waals surface area contributed by atoms with Gasteiger partial charge in [-0.25, -0.2) is 0 Å². The van der Waals surface area contributed by atoms with E-state index >= 15 is 0 Å². The van der Waals surface area contributed by atoms with Gasteiger partial charge < -0.3 is 24.2 Å². The van der Waals surface area contributed by atoms with E-state index in [9.17, 15) is 4.79 Å². The van der Waals surface area contributed by atoms with Crippen molar-refractivity contribution in [1.29, 1.82) is 0 Å². The quantitative estimate of drug-likeness (QED) is 0.777. The van der Waals surface area contributed by atoms with Gasteiger partial charge in [0.1, 0.15) is 5.75 Å². The van der Waals surface area contributed by atoms with E-state index in [4.69, 9.17) is 19.3 Å². The van der Waals surface area contributed by atoms with Crippen LogP contribution in [-0.2, 0) is 27.5 Å². The molecule has 0 fully saturated rings. The largest absolute Gasteiger partial charge is 0.497 e. The normalized spacial score (nSPS) is 18.6. The molecule has 1 aliphatic heterocycles. The van der Waals surface area contributed by atoms with Gasteiger partial charge in [0.05, 0.1) is 20.3 Å². The number of carbonyl (C=O) groups is 1. The standard InChI is InChI=1S/C23H27NO5/c1-24(2)23(26)21-12-19(18-8-10-20(27-3)11-9-18)13-22(29-21)28-15-17-6-4-16(14-25)5-7-17/h4-12,19,22,25H,13-15H2,1-3H3/t19-,22+/m1/s1. The Labute approximate surface area is 171 Å².